The van der Waals surface area contributed by atoms with E-state index in [2.05, 4.69) is 17.2 Å². The molecule has 0 aliphatic carbocycles. The summed E-state index contributed by atoms with van der Waals surface area (Å²) in [6.45, 7) is 3.33. The van der Waals surface area contributed by atoms with Gasteiger partial charge in [0.05, 0.1) is 24.2 Å². The summed E-state index contributed by atoms with van der Waals surface area (Å²) < 4.78 is 1.65. The molecule has 25 heavy (non-hydrogen) atoms. The van der Waals surface area contributed by atoms with E-state index in [-0.39, 0.29) is 12.8 Å². The van der Waals surface area contributed by atoms with Crippen LogP contribution in [0.2, 0.25) is 0 Å². The topological polar surface area (TPSA) is 122 Å². The number of rotatable bonds is 12. The first-order valence-corrected chi connectivity index (χ1v) is 8.53. The first kappa shape index (κ1) is 20.8. The van der Waals surface area contributed by atoms with Gasteiger partial charge in [0.2, 0.25) is 5.91 Å². The average molecular weight is 353 g/mol. The Morgan fingerprint density at radius 2 is 2.12 bits per heavy atom. The van der Waals surface area contributed by atoms with Crippen LogP contribution < -0.4 is 5.32 Å². The van der Waals surface area contributed by atoms with E-state index in [4.69, 9.17) is 5.11 Å². The van der Waals surface area contributed by atoms with Crippen molar-refractivity contribution in [2.45, 2.75) is 70.6 Å². The summed E-state index contributed by atoms with van der Waals surface area (Å²) in [5.74, 6) is -1.58. The number of nitrogens with zero attached hydrogens (tertiary/aromatic N) is 2. The average Bonchev–Trinajstić information content (AvgIpc) is 2.99. The normalized spacial score (nSPS) is 14.5. The minimum absolute atomic E-state index is 0.0294. The number of aliphatic hydroxyl groups is 1. The number of unbranched alkanes of at least 4 members (excludes halogenated alkanes) is 2. The van der Waals surface area contributed by atoms with Gasteiger partial charge in [0.15, 0.2) is 0 Å². The van der Waals surface area contributed by atoms with E-state index in [0.717, 1.165) is 25.5 Å². The number of aliphatic hydroxyl groups excluding tert-OH is 1. The number of amides is 1. The molecule has 1 aromatic rings. The lowest BCUT2D eigenvalue weighted by Gasteiger charge is -2.22. The first-order valence-electron chi connectivity index (χ1n) is 8.53. The quantitative estimate of drug-likeness (QED) is 0.382. The van der Waals surface area contributed by atoms with Crippen molar-refractivity contribution >= 4 is 18.2 Å². The van der Waals surface area contributed by atoms with Crippen molar-refractivity contribution in [1.29, 1.82) is 0 Å². The molecule has 8 nitrogen and oxygen atoms in total. The maximum absolute atomic E-state index is 11.2. The van der Waals surface area contributed by atoms with E-state index in [0.29, 0.717) is 12.1 Å². The van der Waals surface area contributed by atoms with Crippen LogP contribution in [0.3, 0.4) is 0 Å². The monoisotopic (exact) mass is 353 g/mol. The van der Waals surface area contributed by atoms with E-state index in [1.165, 1.54) is 13.3 Å². The van der Waals surface area contributed by atoms with Crippen LogP contribution in [0.4, 0.5) is 0 Å². The molecule has 140 valence electrons. The Labute approximate surface area is 147 Å². The SMILES string of the molecule is CCCCCC(O)C(CC=O)n1cnc(C[C@H](NC(C)=O)C(=O)O)c1. The van der Waals surface area contributed by atoms with Crippen molar-refractivity contribution in [3.8, 4) is 0 Å². The third kappa shape index (κ3) is 7.04. The molecule has 1 heterocycles. The second-order valence-corrected chi connectivity index (χ2v) is 6.14. The van der Waals surface area contributed by atoms with E-state index >= 15 is 0 Å². The van der Waals surface area contributed by atoms with Crippen molar-refractivity contribution in [2.24, 2.45) is 0 Å². The molecule has 0 aliphatic rings. The van der Waals surface area contributed by atoms with Gasteiger partial charge in [-0.25, -0.2) is 9.78 Å². The predicted molar refractivity (Wildman–Crippen MR) is 91.0 cm³/mol. The molecule has 0 fully saturated rings. The van der Waals surface area contributed by atoms with E-state index in [1.54, 1.807) is 10.8 Å². The highest BCUT2D eigenvalue weighted by Gasteiger charge is 2.23. The van der Waals surface area contributed by atoms with Crippen LogP contribution >= 0.6 is 0 Å². The number of carboxylic acid groups (broad SMARTS) is 1. The molecule has 3 atom stereocenters. The lowest BCUT2D eigenvalue weighted by Crippen LogP contribution is -2.41. The Bertz CT molecular complexity index is 572. The minimum atomic E-state index is -1.14. The molecule has 8 heteroatoms. The predicted octanol–water partition coefficient (Wildman–Crippen LogP) is 1.09. The van der Waals surface area contributed by atoms with Gasteiger partial charge in [-0.05, 0) is 6.42 Å². The van der Waals surface area contributed by atoms with Gasteiger partial charge in [0.1, 0.15) is 12.3 Å². The number of hydrogen-bond donors (Lipinski definition) is 3. The number of aliphatic carboxylic acids is 1. The summed E-state index contributed by atoms with van der Waals surface area (Å²) in [5.41, 5.74) is 0.470. The molecule has 1 rings (SSSR count). The lowest BCUT2D eigenvalue weighted by molar-refractivity contribution is -0.141. The van der Waals surface area contributed by atoms with Gasteiger partial charge in [0, 0.05) is 26.0 Å². The molecule has 0 spiro atoms. The fourth-order valence-corrected chi connectivity index (χ4v) is 2.69. The van der Waals surface area contributed by atoms with Crippen LogP contribution in [-0.2, 0) is 20.8 Å². The number of aromatic nitrogens is 2. The van der Waals surface area contributed by atoms with E-state index in [9.17, 15) is 19.5 Å². The number of carbonyl (C=O) groups excluding carboxylic acids is 2. The number of imidazole rings is 1. The molecule has 0 radical (unpaired) electrons. The van der Waals surface area contributed by atoms with Gasteiger partial charge in [-0.15, -0.1) is 0 Å². The van der Waals surface area contributed by atoms with Crippen molar-refractivity contribution < 1.29 is 24.6 Å². The summed E-state index contributed by atoms with van der Waals surface area (Å²) in [4.78, 5) is 37.4. The molecule has 0 bridgehead atoms. The summed E-state index contributed by atoms with van der Waals surface area (Å²) in [6.07, 6.45) is 6.88. The number of carboxylic acids is 1. The number of nitrogens with one attached hydrogen (secondary N) is 1. The molecule has 1 aromatic heterocycles. The Hall–Kier alpha value is -2.22. The van der Waals surface area contributed by atoms with E-state index in [1.807, 2.05) is 0 Å². The third-order valence-electron chi connectivity index (χ3n) is 4.01. The van der Waals surface area contributed by atoms with Crippen LogP contribution in [0.25, 0.3) is 0 Å². The smallest absolute Gasteiger partial charge is 0.326 e. The molecule has 0 saturated heterocycles. The largest absolute Gasteiger partial charge is 0.480 e. The third-order valence-corrected chi connectivity index (χ3v) is 4.01. The van der Waals surface area contributed by atoms with Crippen LogP contribution in [-0.4, -0.2) is 50.1 Å². The molecule has 0 aromatic carbocycles. The van der Waals surface area contributed by atoms with Gasteiger partial charge >= 0.3 is 5.97 Å². The summed E-state index contributed by atoms with van der Waals surface area (Å²) in [5, 5.41) is 21.9. The minimum Gasteiger partial charge on any atom is -0.480 e. The van der Waals surface area contributed by atoms with Crippen LogP contribution in [0.15, 0.2) is 12.5 Å². The van der Waals surface area contributed by atoms with Gasteiger partial charge in [-0.2, -0.15) is 0 Å². The molecule has 0 saturated carbocycles. The van der Waals surface area contributed by atoms with Gasteiger partial charge in [-0.1, -0.05) is 26.2 Å². The van der Waals surface area contributed by atoms with E-state index < -0.39 is 30.1 Å². The molecule has 3 N–H and O–H groups in total. The molecular formula is C17H27N3O5. The van der Waals surface area contributed by atoms with Crippen LogP contribution in [0.1, 0.15) is 57.7 Å². The van der Waals surface area contributed by atoms with Crippen LogP contribution in [0.5, 0.6) is 0 Å². The summed E-state index contributed by atoms with van der Waals surface area (Å²) in [6, 6.07) is -1.50. The number of aldehydes is 1. The second-order valence-electron chi connectivity index (χ2n) is 6.14. The molecule has 2 unspecified atom stereocenters. The zero-order chi connectivity index (χ0) is 18.8. The zero-order valence-corrected chi connectivity index (χ0v) is 14.7. The van der Waals surface area contributed by atoms with Gasteiger partial charge < -0.3 is 24.9 Å². The molecular weight excluding hydrogens is 326 g/mol. The van der Waals surface area contributed by atoms with Crippen molar-refractivity contribution in [1.82, 2.24) is 14.9 Å². The highest BCUT2D eigenvalue weighted by molar-refractivity contribution is 5.82. The van der Waals surface area contributed by atoms with Gasteiger partial charge in [0.25, 0.3) is 0 Å². The lowest BCUT2D eigenvalue weighted by atomic mass is 10.0. The highest BCUT2D eigenvalue weighted by Crippen LogP contribution is 2.21. The molecule has 1 amide bonds. The maximum Gasteiger partial charge on any atom is 0.326 e. The van der Waals surface area contributed by atoms with Crippen molar-refractivity contribution in [3.63, 3.8) is 0 Å². The Balaban J connectivity index is 2.81. The summed E-state index contributed by atoms with van der Waals surface area (Å²) >= 11 is 0. The Morgan fingerprint density at radius 1 is 1.40 bits per heavy atom. The second kappa shape index (κ2) is 10.6. The van der Waals surface area contributed by atoms with Crippen molar-refractivity contribution in [3.05, 3.63) is 18.2 Å². The van der Waals surface area contributed by atoms with Crippen molar-refractivity contribution in [2.75, 3.05) is 0 Å². The Morgan fingerprint density at radius 3 is 2.68 bits per heavy atom. The molecule has 0 aliphatic heterocycles. The highest BCUT2D eigenvalue weighted by atomic mass is 16.4. The van der Waals surface area contributed by atoms with Crippen LogP contribution in [0, 0.1) is 0 Å². The number of hydrogen-bond acceptors (Lipinski definition) is 5. The fourth-order valence-electron chi connectivity index (χ4n) is 2.69. The number of carbonyl (C=O) groups is 3. The maximum atomic E-state index is 11.2. The standard InChI is InChI=1S/C17H27N3O5/c1-3-4-5-6-16(23)15(7-8-21)20-10-13(18-11-20)9-14(17(24)25)19-12(2)22/h8,10-11,14-16,23H,3-7,9H2,1-2H3,(H,19,22)(H,24,25)/t14-,15?,16?/m0/s1. The fraction of sp³-hybridized carbons (Fsp3) is 0.647. The summed E-state index contributed by atoms with van der Waals surface area (Å²) in [7, 11) is 0. The first-order chi connectivity index (χ1) is 11.9. The zero-order valence-electron chi connectivity index (χ0n) is 14.7. The van der Waals surface area contributed by atoms with Gasteiger partial charge in [-0.3, -0.25) is 4.79 Å². The Kier molecular flexibility index (Phi) is 8.83.